The van der Waals surface area contributed by atoms with Crippen LogP contribution in [0.4, 0.5) is 11.5 Å². The van der Waals surface area contributed by atoms with E-state index in [0.29, 0.717) is 11.5 Å². The predicted octanol–water partition coefficient (Wildman–Crippen LogP) is 0.737. The Bertz CT molecular complexity index is 210. The van der Waals surface area contributed by atoms with E-state index in [9.17, 15) is 0 Å². The summed E-state index contributed by atoms with van der Waals surface area (Å²) in [5.41, 5.74) is 12.4. The normalized spacial score (nSPS) is 8.18. The van der Waals surface area contributed by atoms with Crippen molar-refractivity contribution in [2.24, 2.45) is 7.05 Å². The van der Waals surface area contributed by atoms with Gasteiger partial charge in [0, 0.05) is 7.05 Å². The third-order valence-electron chi connectivity index (χ3n) is 1.41. The van der Waals surface area contributed by atoms with Crippen molar-refractivity contribution >= 4 is 36.3 Å². The van der Waals surface area contributed by atoms with Gasteiger partial charge in [0.25, 0.3) is 0 Å². The Morgan fingerprint density at radius 1 is 1.27 bits per heavy atom. The lowest BCUT2D eigenvalue weighted by molar-refractivity contribution is 0.744. The van der Waals surface area contributed by atoms with Gasteiger partial charge >= 0.3 is 0 Å². The topological polar surface area (TPSA) is 69.9 Å². The van der Waals surface area contributed by atoms with E-state index >= 15 is 0 Å². The lowest BCUT2D eigenvalue weighted by Crippen LogP contribution is -1.93. The molecule has 0 aliphatic heterocycles. The number of nitrogens with zero attached hydrogens (tertiary/aromatic N) is 2. The van der Waals surface area contributed by atoms with E-state index < -0.39 is 0 Å². The molecule has 0 aromatic carbocycles. The number of hydrogen-bond donors (Lipinski definition) is 2. The van der Waals surface area contributed by atoms with Gasteiger partial charge in [-0.05, 0) is 6.92 Å². The first kappa shape index (κ1) is 13.0. The first-order valence-electron chi connectivity index (χ1n) is 2.67. The number of anilines is 2. The molecule has 0 saturated carbocycles. The van der Waals surface area contributed by atoms with Gasteiger partial charge < -0.3 is 11.5 Å². The van der Waals surface area contributed by atoms with Crippen LogP contribution in [0.5, 0.6) is 0 Å². The molecule has 1 heterocycles. The summed E-state index contributed by atoms with van der Waals surface area (Å²) in [6.45, 7) is 1.87. The van der Waals surface area contributed by atoms with Crippen molar-refractivity contribution in [1.82, 2.24) is 9.78 Å². The number of hydrogen-bond acceptors (Lipinski definition) is 3. The zero-order chi connectivity index (χ0) is 7.02. The maximum atomic E-state index is 5.49. The molecule has 0 fully saturated rings. The summed E-state index contributed by atoms with van der Waals surface area (Å²) in [5, 5.41) is 3.88. The highest BCUT2D eigenvalue weighted by Gasteiger charge is 2.03. The Morgan fingerprint density at radius 3 is 1.82 bits per heavy atom. The van der Waals surface area contributed by atoms with Crippen molar-refractivity contribution in [3.05, 3.63) is 5.69 Å². The minimum Gasteiger partial charge on any atom is -0.394 e. The standard InChI is InChI=1S/C5H10N4.2ClH/c1-3-4(6)5(7)8-9(3)2;;/h6H2,1-2H3,(H2,7,8);2*1H. The highest BCUT2D eigenvalue weighted by atomic mass is 35.5. The Balaban J connectivity index is 0. The largest absolute Gasteiger partial charge is 0.394 e. The van der Waals surface area contributed by atoms with Gasteiger partial charge in [-0.25, -0.2) is 0 Å². The van der Waals surface area contributed by atoms with Crippen LogP contribution in [0.2, 0.25) is 0 Å². The molecule has 0 bridgehead atoms. The van der Waals surface area contributed by atoms with Crippen LogP contribution in [0.3, 0.4) is 0 Å². The van der Waals surface area contributed by atoms with Gasteiger partial charge in [-0.15, -0.1) is 24.8 Å². The fraction of sp³-hybridized carbons (Fsp3) is 0.400. The minimum atomic E-state index is 0. The van der Waals surface area contributed by atoms with Crippen molar-refractivity contribution in [2.45, 2.75) is 6.92 Å². The molecule has 0 unspecified atom stereocenters. The molecule has 0 spiro atoms. The molecule has 4 N–H and O–H groups in total. The molecule has 0 aliphatic rings. The van der Waals surface area contributed by atoms with Crippen LogP contribution in [-0.2, 0) is 7.05 Å². The van der Waals surface area contributed by atoms with Crippen LogP contribution < -0.4 is 11.5 Å². The van der Waals surface area contributed by atoms with Crippen LogP contribution >= 0.6 is 24.8 Å². The van der Waals surface area contributed by atoms with E-state index in [4.69, 9.17) is 11.5 Å². The summed E-state index contributed by atoms with van der Waals surface area (Å²) in [5.74, 6) is 0.412. The number of nitrogen functional groups attached to an aromatic ring is 2. The lowest BCUT2D eigenvalue weighted by Gasteiger charge is -1.90. The molecule has 4 nitrogen and oxygen atoms in total. The molecular weight excluding hydrogens is 187 g/mol. The van der Waals surface area contributed by atoms with Crippen molar-refractivity contribution in [3.63, 3.8) is 0 Å². The molecule has 1 rings (SSSR count). The van der Waals surface area contributed by atoms with E-state index in [2.05, 4.69) is 5.10 Å². The third-order valence-corrected chi connectivity index (χ3v) is 1.41. The number of rotatable bonds is 0. The fourth-order valence-corrected chi connectivity index (χ4v) is 0.650. The van der Waals surface area contributed by atoms with E-state index in [-0.39, 0.29) is 24.8 Å². The zero-order valence-electron chi connectivity index (χ0n) is 6.37. The van der Waals surface area contributed by atoms with E-state index in [1.54, 1.807) is 4.68 Å². The van der Waals surface area contributed by atoms with Gasteiger partial charge in [-0.1, -0.05) is 0 Å². The number of aryl methyl sites for hydroxylation is 1. The summed E-state index contributed by atoms with van der Waals surface area (Å²) in [6.07, 6.45) is 0. The van der Waals surface area contributed by atoms with E-state index in [0.717, 1.165) is 5.69 Å². The first-order valence-corrected chi connectivity index (χ1v) is 2.67. The molecule has 1 aromatic rings. The molecule has 66 valence electrons. The minimum absolute atomic E-state index is 0. The number of nitrogens with two attached hydrogens (primary N) is 2. The van der Waals surface area contributed by atoms with E-state index in [1.165, 1.54) is 0 Å². The van der Waals surface area contributed by atoms with E-state index in [1.807, 2.05) is 14.0 Å². The average Bonchev–Trinajstić information content (AvgIpc) is 1.98. The summed E-state index contributed by atoms with van der Waals surface area (Å²) in [7, 11) is 1.81. The van der Waals surface area contributed by atoms with Gasteiger partial charge in [-0.3, -0.25) is 4.68 Å². The second-order valence-electron chi connectivity index (χ2n) is 2.01. The number of halogens is 2. The Hall–Kier alpha value is -0.610. The second-order valence-corrected chi connectivity index (χ2v) is 2.01. The summed E-state index contributed by atoms with van der Waals surface area (Å²) < 4.78 is 1.66. The maximum absolute atomic E-state index is 5.49. The molecule has 0 saturated heterocycles. The van der Waals surface area contributed by atoms with Crippen LogP contribution in [0, 0.1) is 6.92 Å². The highest BCUT2D eigenvalue weighted by Crippen LogP contribution is 2.15. The summed E-state index contributed by atoms with van der Waals surface area (Å²) >= 11 is 0. The maximum Gasteiger partial charge on any atom is 0.168 e. The Labute approximate surface area is 77.8 Å². The Morgan fingerprint density at radius 2 is 1.73 bits per heavy atom. The molecule has 1 aromatic heterocycles. The zero-order valence-corrected chi connectivity index (χ0v) is 8.00. The van der Waals surface area contributed by atoms with Crippen LogP contribution in [0.25, 0.3) is 0 Å². The predicted molar refractivity (Wildman–Crippen MR) is 51.3 cm³/mol. The third kappa shape index (κ3) is 2.17. The van der Waals surface area contributed by atoms with Crippen LogP contribution in [0.15, 0.2) is 0 Å². The number of aromatic nitrogens is 2. The van der Waals surface area contributed by atoms with Crippen molar-refractivity contribution in [1.29, 1.82) is 0 Å². The van der Waals surface area contributed by atoms with Gasteiger partial charge in [0.2, 0.25) is 0 Å². The van der Waals surface area contributed by atoms with Crippen LogP contribution in [0.1, 0.15) is 5.69 Å². The molecule has 0 amide bonds. The molecule has 0 radical (unpaired) electrons. The SMILES string of the molecule is Cc1c(N)c(N)nn1C.Cl.Cl. The fourth-order valence-electron chi connectivity index (χ4n) is 0.650. The monoisotopic (exact) mass is 198 g/mol. The van der Waals surface area contributed by atoms with Gasteiger partial charge in [-0.2, -0.15) is 5.10 Å². The van der Waals surface area contributed by atoms with Crippen molar-refractivity contribution in [3.8, 4) is 0 Å². The Kier molecular flexibility index (Phi) is 5.09. The molecular formula is C5H12Cl2N4. The molecule has 0 atom stereocenters. The summed E-state index contributed by atoms with van der Waals surface area (Å²) in [6, 6.07) is 0. The van der Waals surface area contributed by atoms with Crippen LogP contribution in [-0.4, -0.2) is 9.78 Å². The molecule has 11 heavy (non-hydrogen) atoms. The lowest BCUT2D eigenvalue weighted by atomic mass is 10.4. The van der Waals surface area contributed by atoms with Gasteiger partial charge in [0.15, 0.2) is 5.82 Å². The van der Waals surface area contributed by atoms with Crippen molar-refractivity contribution in [2.75, 3.05) is 11.5 Å². The quantitative estimate of drug-likeness (QED) is 0.647. The van der Waals surface area contributed by atoms with Gasteiger partial charge in [0.1, 0.15) is 0 Å². The average molecular weight is 199 g/mol. The molecule has 0 aliphatic carbocycles. The molecule has 6 heteroatoms. The van der Waals surface area contributed by atoms with Gasteiger partial charge in [0.05, 0.1) is 11.4 Å². The smallest absolute Gasteiger partial charge is 0.168 e. The first-order chi connectivity index (χ1) is 4.13. The highest BCUT2D eigenvalue weighted by molar-refractivity contribution is 5.85. The summed E-state index contributed by atoms with van der Waals surface area (Å²) in [4.78, 5) is 0. The van der Waals surface area contributed by atoms with Crippen molar-refractivity contribution < 1.29 is 0 Å². The second kappa shape index (κ2) is 4.31.